The number of Topliss-reactive ketones (excluding diaryl/α,β-unsaturated/α-hetero) is 1. The number of aromatic nitrogens is 3. The number of thiazole rings is 1. The van der Waals surface area contributed by atoms with Gasteiger partial charge in [-0.15, -0.1) is 0 Å². The van der Waals surface area contributed by atoms with Gasteiger partial charge in [0, 0.05) is 12.5 Å². The van der Waals surface area contributed by atoms with Gasteiger partial charge in [0.15, 0.2) is 10.9 Å². The van der Waals surface area contributed by atoms with Gasteiger partial charge in [-0.25, -0.2) is 9.97 Å². The number of nitrogens with zero attached hydrogens (tertiary/aromatic N) is 2. The fourth-order valence-electron chi connectivity index (χ4n) is 1.74. The van der Waals surface area contributed by atoms with Crippen molar-refractivity contribution in [2.45, 2.75) is 6.92 Å². The SMILES string of the molecule is CC(=O)c1cnc(NC(=O)c2ccc3nc[nH]c3c2)s1. The fraction of sp³-hybridized carbons (Fsp3) is 0.0769. The number of benzene rings is 1. The molecular formula is C13H10N4O2S. The van der Waals surface area contributed by atoms with E-state index in [2.05, 4.69) is 20.3 Å². The minimum Gasteiger partial charge on any atom is -0.345 e. The van der Waals surface area contributed by atoms with Crippen LogP contribution >= 0.6 is 11.3 Å². The van der Waals surface area contributed by atoms with Crippen LogP contribution in [0.2, 0.25) is 0 Å². The molecule has 0 spiro atoms. The third kappa shape index (κ3) is 2.30. The summed E-state index contributed by atoms with van der Waals surface area (Å²) in [6.45, 7) is 1.46. The predicted molar refractivity (Wildman–Crippen MR) is 76.2 cm³/mol. The number of ketones is 1. The molecule has 0 aliphatic heterocycles. The van der Waals surface area contributed by atoms with Crippen molar-refractivity contribution in [2.24, 2.45) is 0 Å². The molecule has 20 heavy (non-hydrogen) atoms. The zero-order valence-electron chi connectivity index (χ0n) is 10.5. The number of anilines is 1. The van der Waals surface area contributed by atoms with Crippen molar-refractivity contribution >= 4 is 39.2 Å². The van der Waals surface area contributed by atoms with E-state index in [-0.39, 0.29) is 11.7 Å². The van der Waals surface area contributed by atoms with Crippen LogP contribution in [0.15, 0.2) is 30.7 Å². The van der Waals surface area contributed by atoms with Crippen LogP contribution in [-0.4, -0.2) is 26.6 Å². The van der Waals surface area contributed by atoms with Gasteiger partial charge in [-0.05, 0) is 18.2 Å². The summed E-state index contributed by atoms with van der Waals surface area (Å²) in [5, 5.41) is 3.08. The molecule has 0 atom stereocenters. The Hall–Kier alpha value is -2.54. The van der Waals surface area contributed by atoms with Crippen LogP contribution in [0.5, 0.6) is 0 Å². The summed E-state index contributed by atoms with van der Waals surface area (Å²) in [5.41, 5.74) is 2.09. The summed E-state index contributed by atoms with van der Waals surface area (Å²) in [4.78, 5) is 34.8. The largest absolute Gasteiger partial charge is 0.345 e. The molecule has 100 valence electrons. The topological polar surface area (TPSA) is 87.7 Å². The highest BCUT2D eigenvalue weighted by atomic mass is 32.1. The average molecular weight is 286 g/mol. The molecule has 2 N–H and O–H groups in total. The normalized spacial score (nSPS) is 10.7. The highest BCUT2D eigenvalue weighted by Crippen LogP contribution is 2.20. The number of H-pyrrole nitrogens is 1. The molecule has 1 amide bonds. The Balaban J connectivity index is 1.82. The van der Waals surface area contributed by atoms with E-state index < -0.39 is 0 Å². The summed E-state index contributed by atoms with van der Waals surface area (Å²) in [7, 11) is 0. The van der Waals surface area contributed by atoms with Crippen molar-refractivity contribution in [1.29, 1.82) is 0 Å². The van der Waals surface area contributed by atoms with Crippen LogP contribution < -0.4 is 5.32 Å². The minimum absolute atomic E-state index is 0.0677. The van der Waals surface area contributed by atoms with Crippen LogP contribution in [0.1, 0.15) is 27.0 Å². The number of aromatic amines is 1. The van der Waals surface area contributed by atoms with Crippen LogP contribution in [0.25, 0.3) is 11.0 Å². The van der Waals surface area contributed by atoms with Crippen LogP contribution in [0.4, 0.5) is 5.13 Å². The molecule has 3 aromatic rings. The summed E-state index contributed by atoms with van der Waals surface area (Å²) < 4.78 is 0. The molecule has 0 radical (unpaired) electrons. The van der Waals surface area contributed by atoms with Gasteiger partial charge in [-0.1, -0.05) is 11.3 Å². The van der Waals surface area contributed by atoms with E-state index in [4.69, 9.17) is 0 Å². The Kier molecular flexibility index (Phi) is 3.03. The number of nitrogens with one attached hydrogen (secondary N) is 2. The van der Waals surface area contributed by atoms with Crippen molar-refractivity contribution in [3.63, 3.8) is 0 Å². The number of rotatable bonds is 3. The van der Waals surface area contributed by atoms with Crippen LogP contribution in [-0.2, 0) is 0 Å². The maximum Gasteiger partial charge on any atom is 0.257 e. The number of imidazole rings is 1. The van der Waals surface area contributed by atoms with Crippen molar-refractivity contribution in [3.05, 3.63) is 41.2 Å². The van der Waals surface area contributed by atoms with E-state index >= 15 is 0 Å². The third-order valence-electron chi connectivity index (χ3n) is 2.76. The first kappa shape index (κ1) is 12.5. The van der Waals surface area contributed by atoms with E-state index in [1.54, 1.807) is 24.5 Å². The van der Waals surface area contributed by atoms with Gasteiger partial charge < -0.3 is 4.98 Å². The molecule has 2 heterocycles. The minimum atomic E-state index is -0.272. The van der Waals surface area contributed by atoms with Crippen LogP contribution in [0, 0.1) is 0 Å². The van der Waals surface area contributed by atoms with Crippen molar-refractivity contribution < 1.29 is 9.59 Å². The molecule has 2 aromatic heterocycles. The Labute approximate surface area is 117 Å². The van der Waals surface area contributed by atoms with Gasteiger partial charge in [0.25, 0.3) is 5.91 Å². The monoisotopic (exact) mass is 286 g/mol. The van der Waals surface area contributed by atoms with Gasteiger partial charge in [0.2, 0.25) is 0 Å². The lowest BCUT2D eigenvalue weighted by Gasteiger charge is -2.01. The summed E-state index contributed by atoms with van der Waals surface area (Å²) in [5.74, 6) is -0.340. The average Bonchev–Trinajstić information content (AvgIpc) is 3.05. The van der Waals surface area contributed by atoms with Gasteiger partial charge in [0.1, 0.15) is 0 Å². The molecule has 0 unspecified atom stereocenters. The summed E-state index contributed by atoms with van der Waals surface area (Å²) >= 11 is 1.16. The molecule has 0 aliphatic carbocycles. The highest BCUT2D eigenvalue weighted by Gasteiger charge is 2.11. The zero-order chi connectivity index (χ0) is 14.1. The van der Waals surface area contributed by atoms with E-state index in [9.17, 15) is 9.59 Å². The molecule has 1 aromatic carbocycles. The highest BCUT2D eigenvalue weighted by molar-refractivity contribution is 7.17. The van der Waals surface area contributed by atoms with Crippen molar-refractivity contribution in [3.8, 4) is 0 Å². The quantitative estimate of drug-likeness (QED) is 0.724. The second-order valence-corrected chi connectivity index (χ2v) is 5.21. The Morgan fingerprint density at radius 2 is 2.15 bits per heavy atom. The van der Waals surface area contributed by atoms with Gasteiger partial charge in [-0.3, -0.25) is 14.9 Å². The standard InChI is InChI=1S/C13H10N4O2S/c1-7(18)11-5-14-13(20-11)17-12(19)8-2-3-9-10(4-8)16-6-15-9/h2-6H,1H3,(H,15,16)(H,14,17,19). The molecule has 0 fully saturated rings. The lowest BCUT2D eigenvalue weighted by molar-refractivity contribution is 0.101. The Bertz CT molecular complexity index is 805. The lowest BCUT2D eigenvalue weighted by Crippen LogP contribution is -2.11. The van der Waals surface area contributed by atoms with E-state index in [0.717, 1.165) is 22.4 Å². The van der Waals surface area contributed by atoms with E-state index in [1.165, 1.54) is 13.1 Å². The van der Waals surface area contributed by atoms with E-state index in [1.807, 2.05) is 0 Å². The molecule has 0 saturated heterocycles. The smallest absolute Gasteiger partial charge is 0.257 e. The maximum absolute atomic E-state index is 12.1. The first-order valence-corrected chi connectivity index (χ1v) is 6.66. The van der Waals surface area contributed by atoms with Crippen molar-refractivity contribution in [2.75, 3.05) is 5.32 Å². The number of carbonyl (C=O) groups is 2. The number of hydrogen-bond donors (Lipinski definition) is 2. The molecule has 7 heteroatoms. The van der Waals surface area contributed by atoms with Gasteiger partial charge in [0.05, 0.1) is 28.4 Å². The molecule has 6 nitrogen and oxygen atoms in total. The molecule has 0 aliphatic rings. The Morgan fingerprint density at radius 3 is 2.90 bits per heavy atom. The maximum atomic E-state index is 12.1. The second-order valence-electron chi connectivity index (χ2n) is 4.17. The molecular weight excluding hydrogens is 276 g/mol. The number of hydrogen-bond acceptors (Lipinski definition) is 5. The number of amides is 1. The van der Waals surface area contributed by atoms with Crippen molar-refractivity contribution in [1.82, 2.24) is 15.0 Å². The first-order valence-electron chi connectivity index (χ1n) is 5.85. The zero-order valence-corrected chi connectivity index (χ0v) is 11.3. The second kappa shape index (κ2) is 4.86. The van der Waals surface area contributed by atoms with Gasteiger partial charge >= 0.3 is 0 Å². The van der Waals surface area contributed by atoms with E-state index in [0.29, 0.717) is 15.6 Å². The van der Waals surface area contributed by atoms with Crippen LogP contribution in [0.3, 0.4) is 0 Å². The third-order valence-corrected chi connectivity index (χ3v) is 3.77. The lowest BCUT2D eigenvalue weighted by atomic mass is 10.2. The number of carbonyl (C=O) groups excluding carboxylic acids is 2. The summed E-state index contributed by atoms with van der Waals surface area (Å²) in [6, 6.07) is 5.18. The number of fused-ring (bicyclic) bond motifs is 1. The van der Waals surface area contributed by atoms with Gasteiger partial charge in [-0.2, -0.15) is 0 Å². The fourth-order valence-corrected chi connectivity index (χ4v) is 2.45. The Morgan fingerprint density at radius 1 is 1.30 bits per heavy atom. The molecule has 0 saturated carbocycles. The molecule has 3 rings (SSSR count). The molecule has 0 bridgehead atoms. The summed E-state index contributed by atoms with van der Waals surface area (Å²) in [6.07, 6.45) is 3.03. The predicted octanol–water partition coefficient (Wildman–Crippen LogP) is 2.47. The first-order chi connectivity index (χ1) is 9.63.